The Kier molecular flexibility index (Phi) is 8.20. The zero-order chi connectivity index (χ0) is 17.1. The smallest absolute Gasteiger partial charge is 0.243 e. The minimum absolute atomic E-state index is 0. The van der Waals surface area contributed by atoms with Gasteiger partial charge in [-0.3, -0.25) is 4.79 Å². The van der Waals surface area contributed by atoms with Gasteiger partial charge < -0.3 is 11.1 Å². The number of aryl methyl sites for hydroxylation is 1. The van der Waals surface area contributed by atoms with Crippen molar-refractivity contribution >= 4 is 34.0 Å². The number of hydrogen-bond acceptors (Lipinski definition) is 4. The van der Waals surface area contributed by atoms with E-state index in [1.807, 2.05) is 13.8 Å². The molecule has 8 heteroatoms. The molecule has 1 rings (SSSR count). The van der Waals surface area contributed by atoms with Crippen LogP contribution in [0.15, 0.2) is 17.0 Å². The summed E-state index contributed by atoms with van der Waals surface area (Å²) < 4.78 is 26.6. The second-order valence-electron chi connectivity index (χ2n) is 5.28. The van der Waals surface area contributed by atoms with Gasteiger partial charge in [-0.2, -0.15) is 4.31 Å². The quantitative estimate of drug-likeness (QED) is 0.808. The van der Waals surface area contributed by atoms with E-state index in [4.69, 9.17) is 5.73 Å². The number of benzene rings is 1. The number of carbonyl (C=O) groups excluding carboxylic acids is 1. The third-order valence-electron chi connectivity index (χ3n) is 3.66. The summed E-state index contributed by atoms with van der Waals surface area (Å²) in [5.41, 5.74) is 7.65. The Morgan fingerprint density at radius 1 is 1.26 bits per heavy atom. The Morgan fingerprint density at radius 2 is 1.78 bits per heavy atom. The largest absolute Gasteiger partial charge is 0.324 e. The Hall–Kier alpha value is -1.15. The van der Waals surface area contributed by atoms with Crippen LogP contribution in [0, 0.1) is 13.8 Å². The molecule has 6 nitrogen and oxygen atoms in total. The summed E-state index contributed by atoms with van der Waals surface area (Å²) in [5, 5.41) is 2.69. The molecule has 0 aliphatic carbocycles. The first-order valence-electron chi connectivity index (χ1n) is 7.32. The first kappa shape index (κ1) is 21.9. The van der Waals surface area contributed by atoms with Crippen LogP contribution in [0.25, 0.3) is 0 Å². The van der Waals surface area contributed by atoms with E-state index in [2.05, 4.69) is 5.32 Å². The fourth-order valence-electron chi connectivity index (χ4n) is 2.06. The lowest BCUT2D eigenvalue weighted by Crippen LogP contribution is -2.33. The second kappa shape index (κ2) is 8.63. The van der Waals surface area contributed by atoms with E-state index in [1.54, 1.807) is 26.8 Å². The lowest BCUT2D eigenvalue weighted by atomic mass is 10.1. The second-order valence-corrected chi connectivity index (χ2v) is 7.22. The SMILES string of the molecule is CCN(CC)S(=O)(=O)c1cc(C)c(C)c(NC(=O)[C@H](C)N)c1.Cl. The molecular weight excluding hydrogens is 338 g/mol. The number of carbonyl (C=O) groups is 1. The average molecular weight is 364 g/mol. The average Bonchev–Trinajstić information content (AvgIpc) is 2.44. The Balaban J connectivity index is 0.00000484. The fourth-order valence-corrected chi connectivity index (χ4v) is 3.63. The third kappa shape index (κ3) is 4.91. The van der Waals surface area contributed by atoms with Gasteiger partial charge in [0.25, 0.3) is 0 Å². The van der Waals surface area contributed by atoms with Crippen molar-refractivity contribution in [3.05, 3.63) is 23.3 Å². The molecule has 3 N–H and O–H groups in total. The summed E-state index contributed by atoms with van der Waals surface area (Å²) in [6, 6.07) is 2.46. The number of rotatable bonds is 6. The molecule has 1 atom stereocenters. The van der Waals surface area contributed by atoms with Gasteiger partial charge in [-0.15, -0.1) is 12.4 Å². The Bertz CT molecular complexity index is 656. The lowest BCUT2D eigenvalue weighted by Gasteiger charge is -2.20. The fraction of sp³-hybridized carbons (Fsp3) is 0.533. The number of amides is 1. The van der Waals surface area contributed by atoms with Crippen molar-refractivity contribution in [1.29, 1.82) is 0 Å². The van der Waals surface area contributed by atoms with Crippen molar-refractivity contribution in [3.63, 3.8) is 0 Å². The molecule has 0 aliphatic heterocycles. The standard InChI is InChI=1S/C15H25N3O3S.ClH/c1-6-18(7-2)22(20,21)13-8-10(3)11(4)14(9-13)17-15(19)12(5)16;/h8-9,12H,6-7,16H2,1-5H3,(H,17,19);1H/t12-;/m0./s1. The van der Waals surface area contributed by atoms with Crippen LogP contribution in [0.2, 0.25) is 0 Å². The van der Waals surface area contributed by atoms with Crippen LogP contribution in [-0.2, 0) is 14.8 Å². The summed E-state index contributed by atoms with van der Waals surface area (Å²) >= 11 is 0. The monoisotopic (exact) mass is 363 g/mol. The molecule has 1 aromatic carbocycles. The van der Waals surface area contributed by atoms with Gasteiger partial charge in [0.15, 0.2) is 0 Å². The van der Waals surface area contributed by atoms with Crippen LogP contribution in [-0.4, -0.2) is 37.8 Å². The van der Waals surface area contributed by atoms with E-state index in [0.717, 1.165) is 11.1 Å². The minimum atomic E-state index is -3.57. The highest BCUT2D eigenvalue weighted by atomic mass is 35.5. The molecule has 23 heavy (non-hydrogen) atoms. The highest BCUT2D eigenvalue weighted by Crippen LogP contribution is 2.26. The maximum atomic E-state index is 12.6. The highest BCUT2D eigenvalue weighted by Gasteiger charge is 2.23. The number of nitrogens with one attached hydrogen (secondary N) is 1. The van der Waals surface area contributed by atoms with Crippen LogP contribution in [0.3, 0.4) is 0 Å². The van der Waals surface area contributed by atoms with Crippen LogP contribution >= 0.6 is 12.4 Å². The number of nitrogens with two attached hydrogens (primary N) is 1. The molecule has 0 unspecified atom stereocenters. The first-order chi connectivity index (χ1) is 10.1. The minimum Gasteiger partial charge on any atom is -0.324 e. The highest BCUT2D eigenvalue weighted by molar-refractivity contribution is 7.89. The number of hydrogen-bond donors (Lipinski definition) is 2. The molecule has 0 radical (unpaired) electrons. The molecule has 1 amide bonds. The van der Waals surface area contributed by atoms with Crippen molar-refractivity contribution in [2.24, 2.45) is 5.73 Å². The van der Waals surface area contributed by atoms with Crippen LogP contribution < -0.4 is 11.1 Å². The van der Waals surface area contributed by atoms with Gasteiger partial charge in [-0.05, 0) is 44.0 Å². The van der Waals surface area contributed by atoms with Gasteiger partial charge in [0.2, 0.25) is 15.9 Å². The maximum absolute atomic E-state index is 12.6. The Morgan fingerprint density at radius 3 is 2.22 bits per heavy atom. The van der Waals surface area contributed by atoms with Crippen molar-refractivity contribution in [3.8, 4) is 0 Å². The molecule has 0 bridgehead atoms. The molecule has 0 saturated heterocycles. The summed E-state index contributed by atoms with van der Waals surface area (Å²) in [5.74, 6) is -0.347. The number of nitrogens with zero attached hydrogens (tertiary/aromatic N) is 1. The third-order valence-corrected chi connectivity index (χ3v) is 5.68. The van der Waals surface area contributed by atoms with Gasteiger partial charge in [0.1, 0.15) is 0 Å². The summed E-state index contributed by atoms with van der Waals surface area (Å²) in [7, 11) is -3.57. The molecule has 0 aliphatic rings. The van der Waals surface area contributed by atoms with Crippen LogP contribution in [0.1, 0.15) is 31.9 Å². The molecule has 132 valence electrons. The lowest BCUT2D eigenvalue weighted by molar-refractivity contribution is -0.117. The van der Waals surface area contributed by atoms with E-state index in [9.17, 15) is 13.2 Å². The van der Waals surface area contributed by atoms with Gasteiger partial charge in [0.05, 0.1) is 10.9 Å². The topological polar surface area (TPSA) is 92.5 Å². The van der Waals surface area contributed by atoms with Gasteiger partial charge >= 0.3 is 0 Å². The summed E-state index contributed by atoms with van der Waals surface area (Å²) in [6.45, 7) is 9.61. The molecule has 0 fully saturated rings. The van der Waals surface area contributed by atoms with E-state index in [1.165, 1.54) is 10.4 Å². The van der Waals surface area contributed by atoms with Crippen molar-refractivity contribution in [2.45, 2.75) is 45.6 Å². The predicted octanol–water partition coefficient (Wildman–Crippen LogP) is 2.04. The molecule has 1 aromatic rings. The molecule has 0 heterocycles. The maximum Gasteiger partial charge on any atom is 0.243 e. The number of anilines is 1. The normalized spacial score (nSPS) is 12.7. The number of sulfonamides is 1. The molecule has 0 saturated carbocycles. The zero-order valence-corrected chi connectivity index (χ0v) is 15.8. The zero-order valence-electron chi connectivity index (χ0n) is 14.2. The summed E-state index contributed by atoms with van der Waals surface area (Å²) in [6.07, 6.45) is 0. The van der Waals surface area contributed by atoms with E-state index in [-0.39, 0.29) is 23.2 Å². The number of halogens is 1. The van der Waals surface area contributed by atoms with Crippen molar-refractivity contribution in [2.75, 3.05) is 18.4 Å². The van der Waals surface area contributed by atoms with Crippen LogP contribution in [0.4, 0.5) is 5.69 Å². The van der Waals surface area contributed by atoms with Crippen LogP contribution in [0.5, 0.6) is 0 Å². The van der Waals surface area contributed by atoms with Crippen molar-refractivity contribution < 1.29 is 13.2 Å². The van der Waals surface area contributed by atoms with Gasteiger partial charge in [-0.25, -0.2) is 8.42 Å². The first-order valence-corrected chi connectivity index (χ1v) is 8.76. The van der Waals surface area contributed by atoms with E-state index in [0.29, 0.717) is 18.8 Å². The Labute approximate surface area is 144 Å². The van der Waals surface area contributed by atoms with E-state index >= 15 is 0 Å². The van der Waals surface area contributed by atoms with E-state index < -0.39 is 16.1 Å². The summed E-state index contributed by atoms with van der Waals surface area (Å²) in [4.78, 5) is 12.0. The molecule has 0 aromatic heterocycles. The predicted molar refractivity (Wildman–Crippen MR) is 95.5 cm³/mol. The van der Waals surface area contributed by atoms with Crippen molar-refractivity contribution in [1.82, 2.24) is 4.31 Å². The molecule has 0 spiro atoms. The van der Waals surface area contributed by atoms with Gasteiger partial charge in [-0.1, -0.05) is 13.8 Å². The van der Waals surface area contributed by atoms with Gasteiger partial charge in [0, 0.05) is 18.8 Å². The molecular formula is C15H26ClN3O3S.